The van der Waals surface area contributed by atoms with Crippen molar-refractivity contribution < 1.29 is 13.2 Å². The fraction of sp³-hybridized carbons (Fsp3) is 0.391. The van der Waals surface area contributed by atoms with Gasteiger partial charge in [0.2, 0.25) is 0 Å². The van der Waals surface area contributed by atoms with Crippen LogP contribution in [0, 0.1) is 17.1 Å². The number of anilines is 1. The van der Waals surface area contributed by atoms with Crippen LogP contribution in [-0.4, -0.2) is 15.0 Å². The molecule has 0 unspecified atom stereocenters. The second-order valence-electron chi connectivity index (χ2n) is 7.30. The summed E-state index contributed by atoms with van der Waals surface area (Å²) in [4.78, 5) is 12.5. The van der Waals surface area contributed by atoms with Crippen molar-refractivity contribution in [3.63, 3.8) is 0 Å². The van der Waals surface area contributed by atoms with E-state index >= 15 is 0 Å². The molecule has 4 rings (SSSR count). The zero-order valence-corrected chi connectivity index (χ0v) is 18.8. The number of hydrogen-bond donors (Lipinski definition) is 1. The number of halogens is 4. The van der Waals surface area contributed by atoms with Crippen molar-refractivity contribution in [2.45, 2.75) is 57.9 Å². The molecule has 0 atom stereocenters. The van der Waals surface area contributed by atoms with Gasteiger partial charge in [-0.05, 0) is 18.9 Å². The van der Waals surface area contributed by atoms with E-state index in [0.29, 0.717) is 35.3 Å². The quantitative estimate of drug-likeness (QED) is 0.423. The van der Waals surface area contributed by atoms with Gasteiger partial charge in [0.05, 0.1) is 22.4 Å². The van der Waals surface area contributed by atoms with Crippen LogP contribution in [0.2, 0.25) is 5.15 Å². The molecule has 0 amide bonds. The number of pyridine rings is 1. The van der Waals surface area contributed by atoms with Crippen molar-refractivity contribution in [3.8, 4) is 6.07 Å². The lowest BCUT2D eigenvalue weighted by atomic mass is 9.98. The van der Waals surface area contributed by atoms with Crippen molar-refractivity contribution in [1.82, 2.24) is 15.0 Å². The summed E-state index contributed by atoms with van der Waals surface area (Å²) in [5.74, 6) is -3.84. The number of alkyl halides is 2. The molecule has 1 aliphatic rings. The Labute approximate surface area is 189 Å². The molecule has 32 heavy (non-hydrogen) atoms. The van der Waals surface area contributed by atoms with E-state index in [1.165, 1.54) is 25.4 Å². The number of nitrogens with zero attached hydrogens (tertiary/aromatic N) is 4. The Kier molecular flexibility index (Phi) is 6.89. The number of nitriles is 1. The third-order valence-electron chi connectivity index (χ3n) is 5.42. The third kappa shape index (κ3) is 4.35. The van der Waals surface area contributed by atoms with E-state index in [1.807, 2.05) is 13.8 Å². The van der Waals surface area contributed by atoms with Gasteiger partial charge in [-0.2, -0.15) is 5.26 Å². The second-order valence-corrected chi connectivity index (χ2v) is 7.66. The second kappa shape index (κ2) is 9.29. The first-order chi connectivity index (χ1) is 15.3. The van der Waals surface area contributed by atoms with E-state index in [-0.39, 0.29) is 17.3 Å². The molecule has 1 aromatic carbocycles. The third-order valence-corrected chi connectivity index (χ3v) is 5.71. The monoisotopic (exact) mass is 461 g/mol. The minimum Gasteiger partial charge on any atom is -0.365 e. The molecule has 9 heteroatoms. The van der Waals surface area contributed by atoms with Gasteiger partial charge in [-0.15, -0.1) is 0 Å². The predicted octanol–water partition coefficient (Wildman–Crippen LogP) is 6.51. The van der Waals surface area contributed by atoms with E-state index in [9.17, 15) is 18.4 Å². The number of aromatic nitrogens is 3. The molecule has 0 bridgehead atoms. The molecule has 3 aromatic rings. The van der Waals surface area contributed by atoms with Crippen LogP contribution in [0.5, 0.6) is 0 Å². The molecule has 1 saturated carbocycles. The molecule has 168 valence electrons. The zero-order chi connectivity index (χ0) is 23.5. The van der Waals surface area contributed by atoms with E-state index in [0.717, 1.165) is 6.07 Å². The smallest absolute Gasteiger partial charge is 0.275 e. The highest BCUT2D eigenvalue weighted by Gasteiger charge is 2.47. The van der Waals surface area contributed by atoms with Crippen LogP contribution < -0.4 is 5.32 Å². The van der Waals surface area contributed by atoms with Crippen LogP contribution in [0.4, 0.5) is 19.0 Å². The predicted molar refractivity (Wildman–Crippen MR) is 118 cm³/mol. The summed E-state index contributed by atoms with van der Waals surface area (Å²) in [5, 5.41) is 13.2. The standard InChI is InChI=1S/C21H17ClF3N5.C2H6/c1-2-21(24,25)14-5-3-4-12(16(14)23)9-27-18-13-8-15(20(10-26)6-7-20)17(22)30-19(13)29-11-28-18;1-2/h3-5,8,11H,2,6-7,9H2,1H3,(H,27,28,29,30);1-2H3. The zero-order valence-electron chi connectivity index (χ0n) is 18.0. The van der Waals surface area contributed by atoms with E-state index in [4.69, 9.17) is 11.6 Å². The lowest BCUT2D eigenvalue weighted by Gasteiger charge is -2.17. The Morgan fingerprint density at radius 1 is 1.25 bits per heavy atom. The van der Waals surface area contributed by atoms with Gasteiger partial charge in [-0.1, -0.05) is 50.6 Å². The molecule has 0 radical (unpaired) electrons. The van der Waals surface area contributed by atoms with Gasteiger partial charge in [0.15, 0.2) is 5.65 Å². The molecule has 2 aromatic heterocycles. The van der Waals surface area contributed by atoms with Crippen molar-refractivity contribution in [2.75, 3.05) is 5.32 Å². The van der Waals surface area contributed by atoms with Crippen LogP contribution in [0.1, 0.15) is 56.7 Å². The van der Waals surface area contributed by atoms with Gasteiger partial charge in [-0.25, -0.2) is 28.1 Å². The molecule has 0 saturated heterocycles. The van der Waals surface area contributed by atoms with Crippen molar-refractivity contribution in [1.29, 1.82) is 5.26 Å². The summed E-state index contributed by atoms with van der Waals surface area (Å²) in [6.45, 7) is 5.24. The van der Waals surface area contributed by atoms with Crippen molar-refractivity contribution in [3.05, 3.63) is 58.3 Å². The Bertz CT molecular complexity index is 1170. The van der Waals surface area contributed by atoms with E-state index in [1.54, 1.807) is 6.07 Å². The van der Waals surface area contributed by atoms with Crippen LogP contribution in [0.25, 0.3) is 11.0 Å². The summed E-state index contributed by atoms with van der Waals surface area (Å²) >= 11 is 6.26. The maximum absolute atomic E-state index is 14.7. The minimum absolute atomic E-state index is 0.0626. The number of rotatable bonds is 6. The number of hydrogen-bond acceptors (Lipinski definition) is 5. The first-order valence-corrected chi connectivity index (χ1v) is 10.8. The highest BCUT2D eigenvalue weighted by atomic mass is 35.5. The Morgan fingerprint density at radius 3 is 2.59 bits per heavy atom. The Balaban J connectivity index is 0.00000141. The van der Waals surface area contributed by atoms with E-state index in [2.05, 4.69) is 26.3 Å². The SMILES string of the molecule is CC.CCC(F)(F)c1cccc(CNc2ncnc3nc(Cl)c(C4(C#N)CC4)cc23)c1F. The summed E-state index contributed by atoms with van der Waals surface area (Å²) in [6.07, 6.45) is 2.17. The number of nitrogens with one attached hydrogen (secondary N) is 1. The van der Waals surface area contributed by atoms with E-state index < -0.39 is 29.1 Å². The average Bonchev–Trinajstić information content (AvgIpc) is 3.60. The summed E-state index contributed by atoms with van der Waals surface area (Å²) in [5.41, 5.74) is -0.269. The molecule has 1 N–H and O–H groups in total. The fourth-order valence-corrected chi connectivity index (χ4v) is 3.69. The first kappa shape index (κ1) is 23.7. The lowest BCUT2D eigenvalue weighted by Crippen LogP contribution is -2.16. The number of fused-ring (bicyclic) bond motifs is 1. The Morgan fingerprint density at radius 2 is 1.97 bits per heavy atom. The molecular weight excluding hydrogens is 439 g/mol. The molecule has 1 aliphatic carbocycles. The highest BCUT2D eigenvalue weighted by molar-refractivity contribution is 6.30. The summed E-state index contributed by atoms with van der Waals surface area (Å²) in [6, 6.07) is 7.94. The molecular formula is C23H23ClF3N5. The van der Waals surface area contributed by atoms with Crippen molar-refractivity contribution >= 4 is 28.5 Å². The molecule has 5 nitrogen and oxygen atoms in total. The topological polar surface area (TPSA) is 74.5 Å². The van der Waals surface area contributed by atoms with Crippen LogP contribution in [0.15, 0.2) is 30.6 Å². The summed E-state index contributed by atoms with van der Waals surface area (Å²) < 4.78 is 42.7. The van der Waals surface area contributed by atoms with Gasteiger partial charge in [0.25, 0.3) is 5.92 Å². The van der Waals surface area contributed by atoms with Crippen LogP contribution >= 0.6 is 11.6 Å². The average molecular weight is 462 g/mol. The lowest BCUT2D eigenvalue weighted by molar-refractivity contribution is -0.0118. The maximum atomic E-state index is 14.7. The summed E-state index contributed by atoms with van der Waals surface area (Å²) in [7, 11) is 0. The van der Waals surface area contributed by atoms with Gasteiger partial charge in [0, 0.05) is 24.1 Å². The van der Waals surface area contributed by atoms with Crippen molar-refractivity contribution in [2.24, 2.45) is 0 Å². The van der Waals surface area contributed by atoms with Gasteiger partial charge < -0.3 is 5.32 Å². The van der Waals surface area contributed by atoms with Crippen LogP contribution in [-0.2, 0) is 17.9 Å². The molecule has 1 fully saturated rings. The molecule has 0 aliphatic heterocycles. The molecule has 0 spiro atoms. The largest absolute Gasteiger partial charge is 0.365 e. The molecule has 2 heterocycles. The first-order valence-electron chi connectivity index (χ1n) is 10.4. The minimum atomic E-state index is -3.24. The van der Waals surface area contributed by atoms with Gasteiger partial charge in [-0.3, -0.25) is 0 Å². The van der Waals surface area contributed by atoms with Gasteiger partial charge in [0.1, 0.15) is 23.1 Å². The maximum Gasteiger partial charge on any atom is 0.275 e. The number of benzene rings is 1. The normalized spacial score (nSPS) is 14.3. The Hall–Kier alpha value is -2.92. The van der Waals surface area contributed by atoms with Crippen LogP contribution in [0.3, 0.4) is 0 Å². The fourth-order valence-electron chi connectivity index (χ4n) is 3.38. The van der Waals surface area contributed by atoms with Gasteiger partial charge >= 0.3 is 0 Å². The highest BCUT2D eigenvalue weighted by Crippen LogP contribution is 2.50.